The Morgan fingerprint density at radius 3 is 2.16 bits per heavy atom. The summed E-state index contributed by atoms with van der Waals surface area (Å²) in [6.45, 7) is 13.1. The smallest absolute Gasteiger partial charge is 0.118 e. The lowest BCUT2D eigenvalue weighted by Crippen LogP contribution is -2.42. The molecule has 0 unspecified atom stereocenters. The molecule has 164 valence electrons. The van der Waals surface area contributed by atoms with Crippen LogP contribution in [0.3, 0.4) is 0 Å². The van der Waals surface area contributed by atoms with Crippen molar-refractivity contribution in [2.75, 3.05) is 20.2 Å². The summed E-state index contributed by atoms with van der Waals surface area (Å²) in [7, 11) is 0.769. The Bertz CT molecular complexity index is 1010. The Morgan fingerprint density at radius 1 is 0.935 bits per heavy atom. The molecule has 0 radical (unpaired) electrons. The van der Waals surface area contributed by atoms with Crippen molar-refractivity contribution in [1.29, 1.82) is 0 Å². The molecule has 0 saturated carbocycles. The van der Waals surface area contributed by atoms with Crippen LogP contribution < -0.4 is 4.74 Å². The number of ether oxygens (including phenoxy) is 1. The predicted octanol–water partition coefficient (Wildman–Crippen LogP) is 6.55. The van der Waals surface area contributed by atoms with Crippen LogP contribution in [0.2, 0.25) is 25.2 Å². The molecule has 2 aromatic carbocycles. The van der Waals surface area contributed by atoms with Crippen molar-refractivity contribution in [3.8, 4) is 22.7 Å². The van der Waals surface area contributed by atoms with Crippen LogP contribution >= 0.6 is 0 Å². The van der Waals surface area contributed by atoms with Gasteiger partial charge in [-0.3, -0.25) is 4.90 Å². The van der Waals surface area contributed by atoms with Gasteiger partial charge in [0.15, 0.2) is 0 Å². The second-order valence-electron chi connectivity index (χ2n) is 9.66. The molecule has 0 spiro atoms. The van der Waals surface area contributed by atoms with Gasteiger partial charge in [0.2, 0.25) is 0 Å². The zero-order valence-electron chi connectivity index (χ0n) is 19.7. The first-order valence-electron chi connectivity index (χ1n) is 11.6. The number of hydrogen-bond acceptors (Lipinski definition) is 2. The Hall–Kier alpha value is -2.30. The lowest BCUT2D eigenvalue weighted by Gasteiger charge is -2.35. The van der Waals surface area contributed by atoms with Crippen molar-refractivity contribution >= 4 is 8.07 Å². The molecule has 1 aliphatic rings. The number of aryl methyl sites for hydroxylation is 1. The van der Waals surface area contributed by atoms with Gasteiger partial charge in [0.1, 0.15) is 5.75 Å². The number of nitrogens with zero attached hydrogens (tertiary/aromatic N) is 2. The molecule has 0 aliphatic carbocycles. The summed E-state index contributed by atoms with van der Waals surface area (Å²) in [6.07, 6.45) is 1.07. The average molecular weight is 433 g/mol. The highest BCUT2D eigenvalue weighted by Crippen LogP contribution is 2.32. The molecule has 0 atom stereocenters. The molecule has 1 aliphatic heterocycles. The summed E-state index contributed by atoms with van der Waals surface area (Å²) in [5.74, 6) is 0.895. The monoisotopic (exact) mass is 432 g/mol. The first-order valence-corrected chi connectivity index (χ1v) is 15.0. The summed E-state index contributed by atoms with van der Waals surface area (Å²) in [5, 5.41) is 0. The number of methoxy groups -OCH3 is 1. The van der Waals surface area contributed by atoms with Crippen LogP contribution in [-0.4, -0.2) is 37.7 Å². The number of hydrogen-bond donors (Lipinski definition) is 0. The zero-order chi connectivity index (χ0) is 22.0. The first kappa shape index (κ1) is 21.9. The van der Waals surface area contributed by atoms with E-state index in [0.29, 0.717) is 0 Å². The number of rotatable bonds is 6. The molecule has 0 N–H and O–H groups in total. The van der Waals surface area contributed by atoms with Crippen LogP contribution in [-0.2, 0) is 13.0 Å². The molecule has 2 heterocycles. The lowest BCUT2D eigenvalue weighted by atomic mass is 10.1. The molecule has 3 nitrogen and oxygen atoms in total. The van der Waals surface area contributed by atoms with Gasteiger partial charge in [-0.1, -0.05) is 32.2 Å². The number of benzene rings is 2. The van der Waals surface area contributed by atoms with E-state index in [0.717, 1.165) is 18.7 Å². The highest BCUT2D eigenvalue weighted by Gasteiger charge is 2.28. The van der Waals surface area contributed by atoms with Crippen LogP contribution in [0.15, 0.2) is 54.6 Å². The first-order chi connectivity index (χ1) is 14.9. The quantitative estimate of drug-likeness (QED) is 0.411. The van der Waals surface area contributed by atoms with Crippen molar-refractivity contribution in [3.63, 3.8) is 0 Å². The fraction of sp³-hybridized carbons (Fsp3) is 0.407. The molecule has 4 rings (SSSR count). The lowest BCUT2D eigenvalue weighted by molar-refractivity contribution is 0.281. The Morgan fingerprint density at radius 2 is 1.58 bits per heavy atom. The van der Waals surface area contributed by atoms with Gasteiger partial charge >= 0.3 is 0 Å². The van der Waals surface area contributed by atoms with Crippen LogP contribution in [0.4, 0.5) is 0 Å². The van der Waals surface area contributed by atoms with E-state index >= 15 is 0 Å². The van der Waals surface area contributed by atoms with Gasteiger partial charge in [-0.25, -0.2) is 0 Å². The standard InChI is InChI=1S/C27H36N2OSi/c1-6-22-7-11-25(12-8-22)29-21(2)24(20-28-15-17-31(4,5)18-16-28)19-27(29)23-9-13-26(30-3)14-10-23/h7-14,19H,6,15-18,20H2,1-5H3. The van der Waals surface area contributed by atoms with Crippen molar-refractivity contribution < 1.29 is 4.74 Å². The topological polar surface area (TPSA) is 17.4 Å². The third-order valence-corrected chi connectivity index (χ3v) is 10.1. The second-order valence-corrected chi connectivity index (χ2v) is 15.0. The molecular weight excluding hydrogens is 396 g/mol. The van der Waals surface area contributed by atoms with E-state index in [1.165, 1.54) is 58.9 Å². The molecule has 1 fully saturated rings. The van der Waals surface area contributed by atoms with Crippen LogP contribution in [0.25, 0.3) is 16.9 Å². The maximum absolute atomic E-state index is 5.38. The van der Waals surface area contributed by atoms with E-state index in [9.17, 15) is 0 Å². The van der Waals surface area contributed by atoms with Crippen LogP contribution in [0, 0.1) is 6.92 Å². The molecule has 4 heteroatoms. The molecule has 0 bridgehead atoms. The zero-order valence-corrected chi connectivity index (χ0v) is 20.7. The van der Waals surface area contributed by atoms with Crippen molar-refractivity contribution in [3.05, 3.63) is 71.4 Å². The minimum atomic E-state index is -0.951. The predicted molar refractivity (Wildman–Crippen MR) is 134 cm³/mol. The fourth-order valence-electron chi connectivity index (χ4n) is 4.56. The minimum Gasteiger partial charge on any atom is -0.497 e. The average Bonchev–Trinajstić information content (AvgIpc) is 3.11. The van der Waals surface area contributed by atoms with E-state index in [2.05, 4.69) is 91.0 Å². The molecule has 31 heavy (non-hydrogen) atoms. The summed E-state index contributed by atoms with van der Waals surface area (Å²) >= 11 is 0. The molecule has 1 saturated heterocycles. The fourth-order valence-corrected chi connectivity index (χ4v) is 6.66. The highest BCUT2D eigenvalue weighted by atomic mass is 28.3. The van der Waals surface area contributed by atoms with Gasteiger partial charge in [0.05, 0.1) is 12.8 Å². The largest absolute Gasteiger partial charge is 0.497 e. The molecule has 0 amide bonds. The van der Waals surface area contributed by atoms with E-state index < -0.39 is 8.07 Å². The van der Waals surface area contributed by atoms with E-state index in [4.69, 9.17) is 4.74 Å². The maximum atomic E-state index is 5.38. The number of aromatic nitrogens is 1. The summed E-state index contributed by atoms with van der Waals surface area (Å²) in [6, 6.07) is 22.7. The maximum Gasteiger partial charge on any atom is 0.118 e. The Labute approximate surface area is 188 Å². The van der Waals surface area contributed by atoms with Gasteiger partial charge < -0.3 is 9.30 Å². The van der Waals surface area contributed by atoms with E-state index in [1.54, 1.807) is 7.11 Å². The van der Waals surface area contributed by atoms with Crippen LogP contribution in [0.5, 0.6) is 5.75 Å². The van der Waals surface area contributed by atoms with Crippen LogP contribution in [0.1, 0.15) is 23.7 Å². The highest BCUT2D eigenvalue weighted by molar-refractivity contribution is 6.77. The van der Waals surface area contributed by atoms with Gasteiger partial charge in [0, 0.05) is 26.0 Å². The third kappa shape index (κ3) is 4.80. The summed E-state index contributed by atoms with van der Waals surface area (Å²) < 4.78 is 7.81. The third-order valence-electron chi connectivity index (χ3n) is 6.94. The Balaban J connectivity index is 1.71. The molecule has 1 aromatic heterocycles. The van der Waals surface area contributed by atoms with Gasteiger partial charge in [-0.2, -0.15) is 0 Å². The van der Waals surface area contributed by atoms with Gasteiger partial charge in [-0.05, 0) is 97.7 Å². The van der Waals surface area contributed by atoms with Gasteiger partial charge in [0.25, 0.3) is 0 Å². The van der Waals surface area contributed by atoms with Crippen molar-refractivity contribution in [2.24, 2.45) is 0 Å². The van der Waals surface area contributed by atoms with E-state index in [-0.39, 0.29) is 0 Å². The SMILES string of the molecule is CCc1ccc(-n2c(-c3ccc(OC)cc3)cc(CN3CC[Si](C)(C)CC3)c2C)cc1. The Kier molecular flexibility index (Phi) is 6.40. The minimum absolute atomic E-state index is 0.895. The summed E-state index contributed by atoms with van der Waals surface area (Å²) in [4.78, 5) is 2.66. The van der Waals surface area contributed by atoms with Crippen molar-refractivity contribution in [1.82, 2.24) is 9.47 Å². The molecule has 3 aromatic rings. The van der Waals surface area contributed by atoms with E-state index in [1.807, 2.05) is 0 Å². The van der Waals surface area contributed by atoms with Gasteiger partial charge in [-0.15, -0.1) is 0 Å². The second kappa shape index (κ2) is 9.05. The normalized spacial score (nSPS) is 16.4. The molecular formula is C27H36N2OSi. The van der Waals surface area contributed by atoms with Crippen molar-refractivity contribution in [2.45, 2.75) is 52.0 Å². The summed E-state index contributed by atoms with van der Waals surface area (Å²) in [5.41, 5.74) is 7.87.